The Bertz CT molecular complexity index is 306. The van der Waals surface area contributed by atoms with Crippen LogP contribution in [-0.2, 0) is 6.42 Å². The Morgan fingerprint density at radius 2 is 1.85 bits per heavy atom. The minimum Gasteiger partial charge on any atom is -0.398 e. The lowest BCUT2D eigenvalue weighted by molar-refractivity contribution is -0.127. The summed E-state index contributed by atoms with van der Waals surface area (Å²) in [6.07, 6.45) is -5.56. The van der Waals surface area contributed by atoms with Crippen molar-refractivity contribution in [1.82, 2.24) is 0 Å². The second-order valence-corrected chi connectivity index (χ2v) is 2.64. The number of hydrogen-bond acceptors (Lipinski definition) is 1. The lowest BCUT2D eigenvalue weighted by Crippen LogP contribution is -2.13. The van der Waals surface area contributed by atoms with Crippen molar-refractivity contribution in [2.24, 2.45) is 0 Å². The Hall–Kier alpha value is -1.26. The molecule has 1 rings (SSSR count). The molecule has 13 heavy (non-hydrogen) atoms. The van der Waals surface area contributed by atoms with Gasteiger partial charge >= 0.3 is 6.18 Å². The molecule has 0 aliphatic rings. The smallest absolute Gasteiger partial charge is 0.393 e. The first kappa shape index (κ1) is 9.83. The molecule has 0 bridgehead atoms. The number of hydrogen-bond donors (Lipinski definition) is 1. The van der Waals surface area contributed by atoms with Crippen molar-refractivity contribution < 1.29 is 17.6 Å². The van der Waals surface area contributed by atoms with Gasteiger partial charge < -0.3 is 5.73 Å². The molecule has 0 unspecified atom stereocenters. The average molecular weight is 193 g/mol. The number of benzene rings is 1. The molecule has 72 valence electrons. The van der Waals surface area contributed by atoms with E-state index < -0.39 is 18.4 Å². The zero-order chi connectivity index (χ0) is 10.1. The molecule has 0 aliphatic heterocycles. The molecule has 0 saturated heterocycles. The van der Waals surface area contributed by atoms with Gasteiger partial charge in [-0.05, 0) is 23.8 Å². The summed E-state index contributed by atoms with van der Waals surface area (Å²) in [4.78, 5) is 0. The van der Waals surface area contributed by atoms with Crippen molar-refractivity contribution in [3.8, 4) is 0 Å². The molecule has 0 amide bonds. The van der Waals surface area contributed by atoms with Crippen LogP contribution in [0.3, 0.4) is 0 Å². The van der Waals surface area contributed by atoms with Crippen LogP contribution < -0.4 is 5.73 Å². The zero-order valence-electron chi connectivity index (χ0n) is 6.53. The highest BCUT2D eigenvalue weighted by atomic mass is 19.4. The first-order valence-electron chi connectivity index (χ1n) is 3.49. The van der Waals surface area contributed by atoms with Gasteiger partial charge in [0.05, 0.1) is 6.42 Å². The monoisotopic (exact) mass is 193 g/mol. The predicted molar refractivity (Wildman–Crippen MR) is 40.6 cm³/mol. The lowest BCUT2D eigenvalue weighted by Gasteiger charge is -2.08. The quantitative estimate of drug-likeness (QED) is 0.538. The molecule has 1 aromatic rings. The second kappa shape index (κ2) is 3.24. The van der Waals surface area contributed by atoms with Crippen LogP contribution in [-0.4, -0.2) is 6.18 Å². The molecule has 0 fully saturated rings. The summed E-state index contributed by atoms with van der Waals surface area (Å²) < 4.78 is 48.1. The van der Waals surface area contributed by atoms with Crippen molar-refractivity contribution in [2.75, 3.05) is 5.73 Å². The van der Waals surface area contributed by atoms with E-state index in [-0.39, 0.29) is 11.3 Å². The fourth-order valence-electron chi connectivity index (χ4n) is 0.943. The molecule has 1 aromatic carbocycles. The molecule has 0 aromatic heterocycles. The van der Waals surface area contributed by atoms with Gasteiger partial charge in [0.15, 0.2) is 0 Å². The maximum atomic E-state index is 12.5. The Balaban J connectivity index is 2.94. The summed E-state index contributed by atoms with van der Waals surface area (Å²) in [5, 5.41) is 0. The van der Waals surface area contributed by atoms with Crippen molar-refractivity contribution >= 4 is 5.69 Å². The molecule has 0 radical (unpaired) electrons. The normalized spacial score (nSPS) is 11.7. The maximum absolute atomic E-state index is 12.5. The summed E-state index contributed by atoms with van der Waals surface area (Å²) in [5.41, 5.74) is 4.96. The second-order valence-electron chi connectivity index (χ2n) is 2.64. The number of nitrogens with two attached hydrogens (primary N) is 1. The summed E-state index contributed by atoms with van der Waals surface area (Å²) in [6.45, 7) is 0. The lowest BCUT2D eigenvalue weighted by atomic mass is 10.1. The summed E-state index contributed by atoms with van der Waals surface area (Å²) >= 11 is 0. The van der Waals surface area contributed by atoms with Gasteiger partial charge in [-0.15, -0.1) is 0 Å². The van der Waals surface area contributed by atoms with Gasteiger partial charge in [-0.25, -0.2) is 4.39 Å². The summed E-state index contributed by atoms with van der Waals surface area (Å²) in [6, 6.07) is 2.94. The fraction of sp³-hybridized carbons (Fsp3) is 0.250. The number of anilines is 1. The van der Waals surface area contributed by atoms with Crippen LogP contribution in [0, 0.1) is 5.82 Å². The van der Waals surface area contributed by atoms with E-state index >= 15 is 0 Å². The molecule has 5 heteroatoms. The molecule has 1 nitrogen and oxygen atoms in total. The molecule has 0 atom stereocenters. The minimum atomic E-state index is -4.36. The van der Waals surface area contributed by atoms with E-state index in [2.05, 4.69) is 0 Å². The SMILES string of the molecule is Nc1ccc(F)cc1CC(F)(F)F. The van der Waals surface area contributed by atoms with Crippen molar-refractivity contribution in [1.29, 1.82) is 0 Å². The molecule has 0 heterocycles. The van der Waals surface area contributed by atoms with Gasteiger partial charge in [-0.3, -0.25) is 0 Å². The van der Waals surface area contributed by atoms with Crippen LogP contribution in [0.4, 0.5) is 23.2 Å². The van der Waals surface area contributed by atoms with Gasteiger partial charge in [-0.1, -0.05) is 0 Å². The van der Waals surface area contributed by atoms with Crippen LogP contribution in [0.2, 0.25) is 0 Å². The summed E-state index contributed by atoms with van der Waals surface area (Å²) in [7, 11) is 0. The third-order valence-electron chi connectivity index (χ3n) is 1.50. The van der Waals surface area contributed by atoms with Gasteiger partial charge in [0.1, 0.15) is 5.82 Å². The molecular weight excluding hydrogens is 186 g/mol. The Kier molecular flexibility index (Phi) is 2.45. The van der Waals surface area contributed by atoms with Gasteiger partial charge in [0, 0.05) is 5.69 Å². The molecule has 0 spiro atoms. The van der Waals surface area contributed by atoms with E-state index in [0.29, 0.717) is 0 Å². The predicted octanol–water partition coefficient (Wildman–Crippen LogP) is 2.51. The Labute approximate surface area is 72.2 Å². The van der Waals surface area contributed by atoms with Crippen molar-refractivity contribution in [3.05, 3.63) is 29.6 Å². The standard InChI is InChI=1S/C8H7F4N/c9-6-1-2-7(13)5(3-6)4-8(10,11)12/h1-3H,4,13H2. The van der Waals surface area contributed by atoms with E-state index in [1.165, 1.54) is 0 Å². The van der Waals surface area contributed by atoms with Crippen LogP contribution in [0.1, 0.15) is 5.56 Å². The molecule has 2 N–H and O–H groups in total. The summed E-state index contributed by atoms with van der Waals surface area (Å²) in [5.74, 6) is -0.714. The van der Waals surface area contributed by atoms with E-state index in [9.17, 15) is 17.6 Å². The highest BCUT2D eigenvalue weighted by Gasteiger charge is 2.28. The third-order valence-corrected chi connectivity index (χ3v) is 1.50. The van der Waals surface area contributed by atoms with Gasteiger partial charge in [0.25, 0.3) is 0 Å². The van der Waals surface area contributed by atoms with Crippen LogP contribution in [0.25, 0.3) is 0 Å². The molecular formula is C8H7F4N. The van der Waals surface area contributed by atoms with Gasteiger partial charge in [0.2, 0.25) is 0 Å². The highest BCUT2D eigenvalue weighted by molar-refractivity contribution is 5.47. The number of nitrogen functional groups attached to an aromatic ring is 1. The highest BCUT2D eigenvalue weighted by Crippen LogP contribution is 2.24. The number of rotatable bonds is 1. The molecule has 0 aliphatic carbocycles. The van der Waals surface area contributed by atoms with Crippen LogP contribution >= 0.6 is 0 Å². The zero-order valence-corrected chi connectivity index (χ0v) is 6.53. The van der Waals surface area contributed by atoms with Crippen molar-refractivity contribution in [3.63, 3.8) is 0 Å². The minimum absolute atomic E-state index is 0.0428. The van der Waals surface area contributed by atoms with E-state index in [1.54, 1.807) is 0 Å². The Morgan fingerprint density at radius 3 is 2.38 bits per heavy atom. The first-order valence-corrected chi connectivity index (χ1v) is 3.49. The van der Waals surface area contributed by atoms with E-state index in [1.807, 2.05) is 0 Å². The largest absolute Gasteiger partial charge is 0.398 e. The fourth-order valence-corrected chi connectivity index (χ4v) is 0.943. The topological polar surface area (TPSA) is 26.0 Å². The first-order chi connectivity index (χ1) is 5.88. The Morgan fingerprint density at radius 1 is 1.23 bits per heavy atom. The van der Waals surface area contributed by atoms with Crippen LogP contribution in [0.5, 0.6) is 0 Å². The number of alkyl halides is 3. The number of halogens is 4. The van der Waals surface area contributed by atoms with E-state index in [4.69, 9.17) is 5.73 Å². The molecule has 0 saturated carbocycles. The van der Waals surface area contributed by atoms with E-state index in [0.717, 1.165) is 18.2 Å². The van der Waals surface area contributed by atoms with Crippen molar-refractivity contribution in [2.45, 2.75) is 12.6 Å². The average Bonchev–Trinajstić information content (AvgIpc) is 1.94. The van der Waals surface area contributed by atoms with Gasteiger partial charge in [-0.2, -0.15) is 13.2 Å². The third kappa shape index (κ3) is 2.93. The van der Waals surface area contributed by atoms with Crippen LogP contribution in [0.15, 0.2) is 18.2 Å². The maximum Gasteiger partial charge on any atom is 0.393 e.